The van der Waals surface area contributed by atoms with Crippen molar-refractivity contribution in [3.8, 4) is 5.75 Å². The van der Waals surface area contributed by atoms with E-state index in [2.05, 4.69) is 52.8 Å². The third-order valence-corrected chi connectivity index (χ3v) is 4.03. The van der Waals surface area contributed by atoms with Crippen LogP contribution < -0.4 is 4.74 Å². The Morgan fingerprint density at radius 2 is 1.95 bits per heavy atom. The van der Waals surface area contributed by atoms with Crippen LogP contribution in [0.2, 0.25) is 0 Å². The quantitative estimate of drug-likeness (QED) is 0.681. The van der Waals surface area contributed by atoms with Crippen LogP contribution in [0.3, 0.4) is 0 Å². The van der Waals surface area contributed by atoms with Gasteiger partial charge in [0.15, 0.2) is 0 Å². The number of hydrogen-bond donors (Lipinski definition) is 0. The molecule has 1 aromatic rings. The topological polar surface area (TPSA) is 21.8 Å². The van der Waals surface area contributed by atoms with Gasteiger partial charge in [-0.05, 0) is 48.8 Å². The molecule has 0 aromatic heterocycles. The second-order valence-electron chi connectivity index (χ2n) is 6.36. The van der Waals surface area contributed by atoms with Gasteiger partial charge in [0.05, 0.1) is 18.8 Å². The zero-order chi connectivity index (χ0) is 14.7. The Labute approximate surface area is 123 Å². The van der Waals surface area contributed by atoms with Gasteiger partial charge in [0, 0.05) is 0 Å². The molecule has 0 spiro atoms. The van der Waals surface area contributed by atoms with Gasteiger partial charge in [0.1, 0.15) is 5.75 Å². The molecule has 1 aliphatic rings. The van der Waals surface area contributed by atoms with Gasteiger partial charge in [0.2, 0.25) is 0 Å². The summed E-state index contributed by atoms with van der Waals surface area (Å²) in [6, 6.07) is 6.67. The smallest absolute Gasteiger partial charge is 0.122 e. The van der Waals surface area contributed by atoms with Crippen LogP contribution in [0.5, 0.6) is 5.75 Å². The highest BCUT2D eigenvalue weighted by Gasteiger charge is 2.38. The molecule has 3 unspecified atom stereocenters. The minimum Gasteiger partial charge on any atom is -0.493 e. The predicted octanol–water partition coefficient (Wildman–Crippen LogP) is 4.56. The van der Waals surface area contributed by atoms with E-state index < -0.39 is 0 Å². The summed E-state index contributed by atoms with van der Waals surface area (Å²) in [5, 5.41) is 0. The van der Waals surface area contributed by atoms with Crippen molar-refractivity contribution < 1.29 is 9.47 Å². The SMILES string of the molecule is CCCOc1ccc(CC(C)C2OC2C)cc1C(C)C. The highest BCUT2D eigenvalue weighted by molar-refractivity contribution is 5.39. The minimum absolute atomic E-state index is 0.446. The van der Waals surface area contributed by atoms with E-state index in [1.807, 2.05) is 0 Å². The maximum Gasteiger partial charge on any atom is 0.122 e. The molecule has 0 amide bonds. The number of ether oxygens (including phenoxy) is 2. The van der Waals surface area contributed by atoms with Crippen molar-refractivity contribution >= 4 is 0 Å². The van der Waals surface area contributed by atoms with Crippen molar-refractivity contribution in [3.05, 3.63) is 29.3 Å². The van der Waals surface area contributed by atoms with Crippen LogP contribution in [-0.2, 0) is 11.2 Å². The van der Waals surface area contributed by atoms with Crippen LogP contribution >= 0.6 is 0 Å². The molecule has 2 rings (SSSR count). The summed E-state index contributed by atoms with van der Waals surface area (Å²) in [7, 11) is 0. The van der Waals surface area contributed by atoms with Gasteiger partial charge in [-0.3, -0.25) is 0 Å². The molecule has 0 aliphatic carbocycles. The lowest BCUT2D eigenvalue weighted by Gasteiger charge is -2.16. The van der Waals surface area contributed by atoms with Crippen molar-refractivity contribution in [1.29, 1.82) is 0 Å². The predicted molar refractivity (Wildman–Crippen MR) is 83.5 cm³/mol. The average Bonchev–Trinajstić information content (AvgIpc) is 3.14. The molecule has 112 valence electrons. The molecule has 1 fully saturated rings. The first-order valence-corrected chi connectivity index (χ1v) is 7.94. The lowest BCUT2D eigenvalue weighted by molar-refractivity contribution is 0.312. The van der Waals surface area contributed by atoms with Crippen LogP contribution in [0.4, 0.5) is 0 Å². The van der Waals surface area contributed by atoms with Gasteiger partial charge >= 0.3 is 0 Å². The van der Waals surface area contributed by atoms with E-state index in [1.165, 1.54) is 11.1 Å². The Balaban J connectivity index is 2.08. The average molecular weight is 276 g/mol. The molecule has 2 nitrogen and oxygen atoms in total. The van der Waals surface area contributed by atoms with Crippen LogP contribution in [-0.4, -0.2) is 18.8 Å². The van der Waals surface area contributed by atoms with Gasteiger partial charge in [-0.1, -0.05) is 39.8 Å². The lowest BCUT2D eigenvalue weighted by Crippen LogP contribution is -2.10. The second kappa shape index (κ2) is 6.62. The summed E-state index contributed by atoms with van der Waals surface area (Å²) >= 11 is 0. The molecule has 1 saturated heterocycles. The lowest BCUT2D eigenvalue weighted by atomic mass is 9.93. The highest BCUT2D eigenvalue weighted by Crippen LogP contribution is 2.33. The molecule has 20 heavy (non-hydrogen) atoms. The van der Waals surface area contributed by atoms with E-state index in [-0.39, 0.29) is 0 Å². The first kappa shape index (κ1) is 15.4. The Morgan fingerprint density at radius 3 is 2.50 bits per heavy atom. The molecular formula is C18H28O2. The zero-order valence-corrected chi connectivity index (χ0v) is 13.5. The fraction of sp³-hybridized carbons (Fsp3) is 0.667. The number of hydrogen-bond acceptors (Lipinski definition) is 2. The van der Waals surface area contributed by atoms with E-state index in [0.717, 1.165) is 25.2 Å². The largest absolute Gasteiger partial charge is 0.493 e. The molecule has 0 radical (unpaired) electrons. The molecule has 2 heteroatoms. The van der Waals surface area contributed by atoms with Crippen LogP contribution in [0, 0.1) is 5.92 Å². The summed E-state index contributed by atoms with van der Waals surface area (Å²) in [4.78, 5) is 0. The van der Waals surface area contributed by atoms with Crippen molar-refractivity contribution in [3.63, 3.8) is 0 Å². The normalized spacial score (nSPS) is 22.9. The van der Waals surface area contributed by atoms with Crippen LogP contribution in [0.25, 0.3) is 0 Å². The molecule has 1 heterocycles. The Kier molecular flexibility index (Phi) is 5.09. The summed E-state index contributed by atoms with van der Waals surface area (Å²) in [6.07, 6.45) is 3.03. The molecule has 1 aromatic carbocycles. The molecule has 0 N–H and O–H groups in total. The maximum atomic E-state index is 5.86. The highest BCUT2D eigenvalue weighted by atomic mass is 16.6. The van der Waals surface area contributed by atoms with Gasteiger partial charge in [0.25, 0.3) is 0 Å². The second-order valence-corrected chi connectivity index (χ2v) is 6.36. The first-order valence-electron chi connectivity index (χ1n) is 7.94. The molecule has 0 bridgehead atoms. The number of benzene rings is 1. The van der Waals surface area contributed by atoms with E-state index in [9.17, 15) is 0 Å². The summed E-state index contributed by atoms with van der Waals surface area (Å²) in [6.45, 7) is 11.8. The van der Waals surface area contributed by atoms with E-state index in [4.69, 9.17) is 9.47 Å². The maximum absolute atomic E-state index is 5.86. The van der Waals surface area contributed by atoms with E-state index in [0.29, 0.717) is 24.0 Å². The van der Waals surface area contributed by atoms with Crippen molar-refractivity contribution in [1.82, 2.24) is 0 Å². The van der Waals surface area contributed by atoms with Gasteiger partial charge in [-0.25, -0.2) is 0 Å². The third-order valence-electron chi connectivity index (χ3n) is 4.03. The minimum atomic E-state index is 0.446. The molecular weight excluding hydrogens is 248 g/mol. The number of epoxide rings is 1. The Morgan fingerprint density at radius 1 is 1.25 bits per heavy atom. The number of rotatable bonds is 7. The standard InChI is InChI=1S/C18H28O2/c1-6-9-19-17-8-7-15(11-16(17)12(2)3)10-13(4)18-14(5)20-18/h7-8,11-14,18H,6,9-10H2,1-5H3. The van der Waals surface area contributed by atoms with Crippen LogP contribution in [0.1, 0.15) is 58.1 Å². The molecule has 3 atom stereocenters. The summed E-state index contributed by atoms with van der Waals surface area (Å²) in [5.74, 6) is 2.13. The van der Waals surface area contributed by atoms with Crippen molar-refractivity contribution in [2.24, 2.45) is 5.92 Å². The zero-order valence-electron chi connectivity index (χ0n) is 13.5. The summed E-state index contributed by atoms with van der Waals surface area (Å²) in [5.41, 5.74) is 2.72. The molecule has 0 saturated carbocycles. The van der Waals surface area contributed by atoms with Gasteiger partial charge < -0.3 is 9.47 Å². The monoisotopic (exact) mass is 276 g/mol. The fourth-order valence-corrected chi connectivity index (χ4v) is 2.81. The fourth-order valence-electron chi connectivity index (χ4n) is 2.81. The van der Waals surface area contributed by atoms with Gasteiger partial charge in [-0.2, -0.15) is 0 Å². The van der Waals surface area contributed by atoms with Gasteiger partial charge in [-0.15, -0.1) is 0 Å². The molecule has 1 aliphatic heterocycles. The Hall–Kier alpha value is -1.02. The third kappa shape index (κ3) is 3.76. The van der Waals surface area contributed by atoms with Crippen LogP contribution in [0.15, 0.2) is 18.2 Å². The summed E-state index contributed by atoms with van der Waals surface area (Å²) < 4.78 is 11.4. The van der Waals surface area contributed by atoms with Crippen molar-refractivity contribution in [2.45, 2.75) is 65.6 Å². The first-order chi connectivity index (χ1) is 9.52. The van der Waals surface area contributed by atoms with E-state index >= 15 is 0 Å². The Bertz CT molecular complexity index is 439. The van der Waals surface area contributed by atoms with E-state index in [1.54, 1.807) is 0 Å². The van der Waals surface area contributed by atoms with Crippen molar-refractivity contribution in [2.75, 3.05) is 6.61 Å².